The van der Waals surface area contributed by atoms with E-state index in [4.69, 9.17) is 16.3 Å². The molecule has 1 aliphatic heterocycles. The van der Waals surface area contributed by atoms with Gasteiger partial charge in [-0.05, 0) is 31.5 Å². The van der Waals surface area contributed by atoms with Crippen molar-refractivity contribution < 1.29 is 14.8 Å². The minimum absolute atomic E-state index is 0.174. The lowest BCUT2D eigenvalue weighted by molar-refractivity contribution is -0.665. The Morgan fingerprint density at radius 2 is 2.10 bits per heavy atom. The number of hydrogen-bond acceptors (Lipinski definition) is 2. The van der Waals surface area contributed by atoms with Gasteiger partial charge in [0.15, 0.2) is 0 Å². The van der Waals surface area contributed by atoms with Crippen molar-refractivity contribution in [3.63, 3.8) is 0 Å². The first-order valence-corrected chi connectivity index (χ1v) is 7.63. The third-order valence-corrected chi connectivity index (χ3v) is 4.27. The summed E-state index contributed by atoms with van der Waals surface area (Å²) >= 11 is 5.93. The number of piperidine rings is 1. The lowest BCUT2D eigenvalue weighted by Gasteiger charge is -2.35. The normalized spacial score (nSPS) is 16.9. The average Bonchev–Trinajstić information content (AvgIpc) is 2.39. The maximum Gasteiger partial charge on any atom is 0.310 e. The van der Waals surface area contributed by atoms with Gasteiger partial charge in [-0.25, -0.2) is 0 Å². The number of carbonyl (C=O) groups excluding carboxylic acids is 1. The summed E-state index contributed by atoms with van der Waals surface area (Å²) in [6.45, 7) is 6.30. The largest absolute Gasteiger partial charge is 0.459 e. The first-order chi connectivity index (χ1) is 9.47. The molecule has 0 saturated carbocycles. The SMILES string of the molecule is CC(C)(OC(=O)Cc1cccc(Cl)c1)C1CC[NH2+]CC1. The number of esters is 1. The van der Waals surface area contributed by atoms with Gasteiger partial charge in [-0.2, -0.15) is 0 Å². The van der Waals surface area contributed by atoms with E-state index in [1.54, 1.807) is 6.07 Å². The standard InChI is InChI=1S/C16H22ClNO2/c1-16(2,13-6-8-18-9-7-13)20-15(19)11-12-4-3-5-14(17)10-12/h3-5,10,13,18H,6-9,11H2,1-2H3/p+1. The fourth-order valence-electron chi connectivity index (χ4n) is 2.85. The summed E-state index contributed by atoms with van der Waals surface area (Å²) in [4.78, 5) is 12.1. The van der Waals surface area contributed by atoms with Gasteiger partial charge in [-0.1, -0.05) is 23.7 Å². The van der Waals surface area contributed by atoms with Gasteiger partial charge in [-0.3, -0.25) is 4.79 Å². The first-order valence-electron chi connectivity index (χ1n) is 7.25. The van der Waals surface area contributed by atoms with Crippen molar-refractivity contribution in [3.05, 3.63) is 34.9 Å². The van der Waals surface area contributed by atoms with Crippen LogP contribution in [-0.4, -0.2) is 24.7 Å². The Kier molecular flexibility index (Phi) is 5.06. The molecule has 3 nitrogen and oxygen atoms in total. The molecular formula is C16H23ClNO2+. The van der Waals surface area contributed by atoms with Crippen molar-refractivity contribution in [3.8, 4) is 0 Å². The van der Waals surface area contributed by atoms with Gasteiger partial charge in [0.1, 0.15) is 5.60 Å². The van der Waals surface area contributed by atoms with Crippen LogP contribution >= 0.6 is 11.6 Å². The third-order valence-electron chi connectivity index (χ3n) is 4.04. The van der Waals surface area contributed by atoms with Crippen LogP contribution in [0.15, 0.2) is 24.3 Å². The first kappa shape index (κ1) is 15.3. The van der Waals surface area contributed by atoms with Gasteiger partial charge < -0.3 is 10.1 Å². The van der Waals surface area contributed by atoms with Gasteiger partial charge >= 0.3 is 5.97 Å². The second kappa shape index (κ2) is 6.59. The molecule has 0 atom stereocenters. The molecule has 1 saturated heterocycles. The van der Waals surface area contributed by atoms with E-state index in [0.717, 1.165) is 31.5 Å². The number of ether oxygens (including phenoxy) is 1. The summed E-state index contributed by atoms with van der Waals surface area (Å²) in [5.41, 5.74) is 0.513. The van der Waals surface area contributed by atoms with Crippen molar-refractivity contribution in [2.24, 2.45) is 5.92 Å². The predicted molar refractivity (Wildman–Crippen MR) is 79.7 cm³/mol. The van der Waals surface area contributed by atoms with Crippen LogP contribution in [0.2, 0.25) is 5.02 Å². The Morgan fingerprint density at radius 1 is 1.40 bits per heavy atom. The molecule has 20 heavy (non-hydrogen) atoms. The Hall–Kier alpha value is -1.06. The predicted octanol–water partition coefficient (Wildman–Crippen LogP) is 2.18. The number of halogens is 1. The third kappa shape index (κ3) is 4.22. The summed E-state index contributed by atoms with van der Waals surface area (Å²) in [5.74, 6) is 0.280. The molecule has 0 spiro atoms. The number of nitrogens with two attached hydrogens (primary N) is 1. The number of benzene rings is 1. The van der Waals surface area contributed by atoms with Crippen LogP contribution in [0, 0.1) is 5.92 Å². The molecule has 2 N–H and O–H groups in total. The van der Waals surface area contributed by atoms with E-state index in [1.807, 2.05) is 32.0 Å². The second-order valence-corrected chi connectivity index (χ2v) is 6.46. The van der Waals surface area contributed by atoms with E-state index < -0.39 is 0 Å². The molecule has 110 valence electrons. The van der Waals surface area contributed by atoms with E-state index in [2.05, 4.69) is 5.32 Å². The van der Waals surface area contributed by atoms with Crippen molar-refractivity contribution in [2.45, 2.75) is 38.7 Å². The molecule has 0 aliphatic carbocycles. The molecule has 2 rings (SSSR count). The Morgan fingerprint density at radius 3 is 2.75 bits per heavy atom. The van der Waals surface area contributed by atoms with Crippen molar-refractivity contribution in [2.75, 3.05) is 13.1 Å². The van der Waals surface area contributed by atoms with Gasteiger partial charge in [0, 0.05) is 23.8 Å². The van der Waals surface area contributed by atoms with Crippen LogP contribution < -0.4 is 5.32 Å². The maximum atomic E-state index is 12.1. The van der Waals surface area contributed by atoms with Gasteiger partial charge in [0.2, 0.25) is 0 Å². The summed E-state index contributed by atoms with van der Waals surface area (Å²) < 4.78 is 5.73. The molecule has 0 bridgehead atoms. The molecule has 0 aromatic heterocycles. The highest BCUT2D eigenvalue weighted by molar-refractivity contribution is 6.30. The van der Waals surface area contributed by atoms with Crippen LogP contribution in [0.5, 0.6) is 0 Å². The minimum Gasteiger partial charge on any atom is -0.459 e. The summed E-state index contributed by atoms with van der Waals surface area (Å²) in [5, 5.41) is 2.97. The lowest BCUT2D eigenvalue weighted by atomic mass is 9.83. The number of quaternary nitrogens is 1. The fourth-order valence-corrected chi connectivity index (χ4v) is 3.06. The zero-order chi connectivity index (χ0) is 14.6. The van der Waals surface area contributed by atoms with Crippen LogP contribution in [0.4, 0.5) is 0 Å². The summed E-state index contributed by atoms with van der Waals surface area (Å²) in [6.07, 6.45) is 2.50. The zero-order valence-electron chi connectivity index (χ0n) is 12.2. The smallest absolute Gasteiger partial charge is 0.310 e. The van der Waals surface area contributed by atoms with E-state index in [1.165, 1.54) is 0 Å². The van der Waals surface area contributed by atoms with E-state index >= 15 is 0 Å². The molecule has 4 heteroatoms. The number of hydrogen-bond donors (Lipinski definition) is 1. The summed E-state index contributed by atoms with van der Waals surface area (Å²) in [7, 11) is 0. The van der Waals surface area contributed by atoms with Crippen molar-refractivity contribution in [1.29, 1.82) is 0 Å². The molecular weight excluding hydrogens is 274 g/mol. The van der Waals surface area contributed by atoms with E-state index in [-0.39, 0.29) is 18.0 Å². The van der Waals surface area contributed by atoms with E-state index in [9.17, 15) is 4.79 Å². The Bertz CT molecular complexity index is 467. The van der Waals surface area contributed by atoms with Crippen LogP contribution in [0.25, 0.3) is 0 Å². The molecule has 0 unspecified atom stereocenters. The number of rotatable bonds is 4. The monoisotopic (exact) mass is 296 g/mol. The molecule has 0 amide bonds. The fraction of sp³-hybridized carbons (Fsp3) is 0.562. The average molecular weight is 297 g/mol. The molecule has 1 aliphatic rings. The summed E-state index contributed by atoms with van der Waals surface area (Å²) in [6, 6.07) is 7.37. The lowest BCUT2D eigenvalue weighted by Crippen LogP contribution is -2.86. The van der Waals surface area contributed by atoms with Crippen molar-refractivity contribution in [1.82, 2.24) is 0 Å². The van der Waals surface area contributed by atoms with Gasteiger partial charge in [-0.15, -0.1) is 0 Å². The topological polar surface area (TPSA) is 42.9 Å². The van der Waals surface area contributed by atoms with E-state index in [0.29, 0.717) is 10.9 Å². The minimum atomic E-state index is -0.385. The van der Waals surface area contributed by atoms with Gasteiger partial charge in [0.25, 0.3) is 0 Å². The zero-order valence-corrected chi connectivity index (χ0v) is 13.0. The molecule has 1 aromatic rings. The van der Waals surface area contributed by atoms with Crippen LogP contribution in [-0.2, 0) is 16.0 Å². The highest BCUT2D eigenvalue weighted by Crippen LogP contribution is 2.28. The quantitative estimate of drug-likeness (QED) is 0.866. The second-order valence-electron chi connectivity index (χ2n) is 6.02. The Balaban J connectivity index is 1.92. The molecule has 0 radical (unpaired) electrons. The van der Waals surface area contributed by atoms with Crippen molar-refractivity contribution >= 4 is 17.6 Å². The molecule has 1 aromatic carbocycles. The van der Waals surface area contributed by atoms with Gasteiger partial charge in [0.05, 0.1) is 19.5 Å². The highest BCUT2D eigenvalue weighted by atomic mass is 35.5. The number of carbonyl (C=O) groups is 1. The molecule has 1 fully saturated rings. The maximum absolute atomic E-state index is 12.1. The van der Waals surface area contributed by atoms with Crippen LogP contribution in [0.1, 0.15) is 32.3 Å². The highest BCUT2D eigenvalue weighted by Gasteiger charge is 2.35. The molecule has 1 heterocycles. The Labute approximate surface area is 125 Å². The van der Waals surface area contributed by atoms with Crippen LogP contribution in [0.3, 0.4) is 0 Å².